The van der Waals surface area contributed by atoms with Crippen LogP contribution in [-0.2, 0) is 6.18 Å². The number of halogens is 3. The number of carbonyl (C=O) groups excluding carboxylic acids is 1. The van der Waals surface area contributed by atoms with Crippen LogP contribution in [0.25, 0.3) is 0 Å². The summed E-state index contributed by atoms with van der Waals surface area (Å²) in [5.41, 5.74) is 1.10. The predicted molar refractivity (Wildman–Crippen MR) is 95.6 cm³/mol. The molecule has 1 aliphatic rings. The first-order chi connectivity index (χ1) is 12.4. The maximum absolute atomic E-state index is 12.6. The highest BCUT2D eigenvalue weighted by molar-refractivity contribution is 6.01. The van der Waals surface area contributed by atoms with Gasteiger partial charge >= 0.3 is 12.2 Å². The van der Waals surface area contributed by atoms with Gasteiger partial charge in [-0.2, -0.15) is 13.2 Å². The zero-order valence-electron chi connectivity index (χ0n) is 13.9. The van der Waals surface area contributed by atoms with Gasteiger partial charge in [-0.3, -0.25) is 0 Å². The molecule has 0 spiro atoms. The van der Waals surface area contributed by atoms with E-state index in [-0.39, 0.29) is 5.69 Å². The number of alkyl halides is 3. The standard InChI is InChI=1S/C18H19F3N4O/c19-18(20,21)13-5-7-14(8-6-13)23-17(26)24-15-3-1-2-4-16(15)25-11-9-22-10-12-25/h1-8,22H,9-12H2,(H2,23,24,26). The third-order valence-corrected chi connectivity index (χ3v) is 4.08. The Morgan fingerprint density at radius 1 is 0.962 bits per heavy atom. The molecule has 2 aromatic carbocycles. The van der Waals surface area contributed by atoms with Gasteiger partial charge in [0.25, 0.3) is 0 Å². The third kappa shape index (κ3) is 4.45. The molecule has 0 bridgehead atoms. The maximum Gasteiger partial charge on any atom is 0.416 e. The first-order valence-electron chi connectivity index (χ1n) is 8.23. The summed E-state index contributed by atoms with van der Waals surface area (Å²) in [6.45, 7) is 3.40. The van der Waals surface area contributed by atoms with E-state index in [1.807, 2.05) is 18.2 Å². The molecule has 138 valence electrons. The van der Waals surface area contributed by atoms with Crippen molar-refractivity contribution in [2.45, 2.75) is 6.18 Å². The summed E-state index contributed by atoms with van der Waals surface area (Å²) in [6.07, 6.45) is -4.40. The molecule has 1 fully saturated rings. The summed E-state index contributed by atoms with van der Waals surface area (Å²) in [6, 6.07) is 11.3. The van der Waals surface area contributed by atoms with Crippen LogP contribution in [0.1, 0.15) is 5.56 Å². The molecule has 3 N–H and O–H groups in total. The van der Waals surface area contributed by atoms with Crippen molar-refractivity contribution in [3.05, 3.63) is 54.1 Å². The highest BCUT2D eigenvalue weighted by atomic mass is 19.4. The van der Waals surface area contributed by atoms with Crippen LogP contribution in [0.15, 0.2) is 48.5 Å². The number of nitrogens with zero attached hydrogens (tertiary/aromatic N) is 1. The third-order valence-electron chi connectivity index (χ3n) is 4.08. The Balaban J connectivity index is 1.67. The second-order valence-corrected chi connectivity index (χ2v) is 5.91. The Hall–Kier alpha value is -2.74. The summed E-state index contributed by atoms with van der Waals surface area (Å²) in [5.74, 6) is 0. The Morgan fingerprint density at radius 2 is 1.62 bits per heavy atom. The van der Waals surface area contributed by atoms with E-state index < -0.39 is 17.8 Å². The van der Waals surface area contributed by atoms with Crippen LogP contribution in [0.2, 0.25) is 0 Å². The monoisotopic (exact) mass is 364 g/mol. The molecule has 1 heterocycles. The first kappa shape index (κ1) is 18.1. The number of nitrogens with one attached hydrogen (secondary N) is 3. The van der Waals surface area contributed by atoms with Gasteiger partial charge in [-0.1, -0.05) is 12.1 Å². The summed E-state index contributed by atoms with van der Waals surface area (Å²) < 4.78 is 37.7. The summed E-state index contributed by atoms with van der Waals surface area (Å²) in [7, 11) is 0. The molecule has 5 nitrogen and oxygen atoms in total. The van der Waals surface area contributed by atoms with Crippen molar-refractivity contribution in [2.24, 2.45) is 0 Å². The fraction of sp³-hybridized carbons (Fsp3) is 0.278. The second-order valence-electron chi connectivity index (χ2n) is 5.91. The van der Waals surface area contributed by atoms with Crippen molar-refractivity contribution in [3.8, 4) is 0 Å². The quantitative estimate of drug-likeness (QED) is 0.777. The van der Waals surface area contributed by atoms with Crippen molar-refractivity contribution in [2.75, 3.05) is 41.7 Å². The molecule has 3 rings (SSSR count). The van der Waals surface area contributed by atoms with E-state index in [1.165, 1.54) is 12.1 Å². The minimum atomic E-state index is -4.40. The van der Waals surface area contributed by atoms with E-state index in [0.29, 0.717) is 5.69 Å². The van der Waals surface area contributed by atoms with Crippen LogP contribution >= 0.6 is 0 Å². The number of rotatable bonds is 3. The summed E-state index contributed by atoms with van der Waals surface area (Å²) in [5, 5.41) is 8.59. The van der Waals surface area contributed by atoms with Crippen molar-refractivity contribution in [3.63, 3.8) is 0 Å². The fourth-order valence-electron chi connectivity index (χ4n) is 2.79. The number of hydrogen-bond acceptors (Lipinski definition) is 3. The molecule has 0 radical (unpaired) electrons. The number of anilines is 3. The summed E-state index contributed by atoms with van der Waals surface area (Å²) in [4.78, 5) is 14.4. The van der Waals surface area contributed by atoms with Gasteiger partial charge in [-0.05, 0) is 36.4 Å². The van der Waals surface area contributed by atoms with E-state index in [2.05, 4.69) is 20.9 Å². The van der Waals surface area contributed by atoms with Crippen LogP contribution in [0, 0.1) is 0 Å². The lowest BCUT2D eigenvalue weighted by atomic mass is 10.2. The van der Waals surface area contributed by atoms with Gasteiger partial charge in [0.15, 0.2) is 0 Å². The normalized spacial score (nSPS) is 14.8. The van der Waals surface area contributed by atoms with Crippen LogP contribution in [0.5, 0.6) is 0 Å². The Labute approximate surface area is 149 Å². The van der Waals surface area contributed by atoms with Gasteiger partial charge in [-0.25, -0.2) is 4.79 Å². The average Bonchev–Trinajstić information content (AvgIpc) is 2.62. The van der Waals surface area contributed by atoms with Gasteiger partial charge in [0.1, 0.15) is 0 Å². The molecule has 0 aromatic heterocycles. The van der Waals surface area contributed by atoms with Gasteiger partial charge in [0, 0.05) is 31.9 Å². The number of benzene rings is 2. The highest BCUT2D eigenvalue weighted by Gasteiger charge is 2.30. The van der Waals surface area contributed by atoms with Gasteiger partial charge < -0.3 is 20.9 Å². The molecule has 0 unspecified atom stereocenters. The molecule has 8 heteroatoms. The Morgan fingerprint density at radius 3 is 2.27 bits per heavy atom. The molecule has 1 saturated heterocycles. The summed E-state index contributed by atoms with van der Waals surface area (Å²) >= 11 is 0. The molecule has 2 amide bonds. The zero-order valence-corrected chi connectivity index (χ0v) is 13.9. The number of amides is 2. The van der Waals surface area contributed by atoms with Crippen LogP contribution < -0.4 is 20.9 Å². The molecular weight excluding hydrogens is 345 g/mol. The van der Waals surface area contributed by atoms with E-state index in [1.54, 1.807) is 6.07 Å². The van der Waals surface area contributed by atoms with Gasteiger partial charge in [0.05, 0.1) is 16.9 Å². The molecular formula is C18H19F3N4O. The Kier molecular flexibility index (Phi) is 5.32. The lowest BCUT2D eigenvalue weighted by Gasteiger charge is -2.31. The topological polar surface area (TPSA) is 56.4 Å². The number of piperazine rings is 1. The Bertz CT molecular complexity index is 756. The molecule has 2 aromatic rings. The van der Waals surface area contributed by atoms with Gasteiger partial charge in [0.2, 0.25) is 0 Å². The van der Waals surface area contributed by atoms with E-state index in [0.717, 1.165) is 44.0 Å². The number of carbonyl (C=O) groups is 1. The highest BCUT2D eigenvalue weighted by Crippen LogP contribution is 2.30. The predicted octanol–water partition coefficient (Wildman–Crippen LogP) is 3.76. The maximum atomic E-state index is 12.6. The largest absolute Gasteiger partial charge is 0.416 e. The van der Waals surface area contributed by atoms with E-state index in [9.17, 15) is 18.0 Å². The minimum absolute atomic E-state index is 0.287. The van der Waals surface area contributed by atoms with Crippen molar-refractivity contribution in [1.29, 1.82) is 0 Å². The number of para-hydroxylation sites is 2. The van der Waals surface area contributed by atoms with Gasteiger partial charge in [-0.15, -0.1) is 0 Å². The van der Waals surface area contributed by atoms with Crippen molar-refractivity contribution < 1.29 is 18.0 Å². The van der Waals surface area contributed by atoms with Crippen LogP contribution in [0.3, 0.4) is 0 Å². The molecule has 1 aliphatic heterocycles. The second kappa shape index (κ2) is 7.65. The zero-order chi connectivity index (χ0) is 18.6. The lowest BCUT2D eigenvalue weighted by Crippen LogP contribution is -2.43. The smallest absolute Gasteiger partial charge is 0.367 e. The van der Waals surface area contributed by atoms with Crippen molar-refractivity contribution in [1.82, 2.24) is 5.32 Å². The first-order valence-corrected chi connectivity index (χ1v) is 8.23. The SMILES string of the molecule is O=C(Nc1ccc(C(F)(F)F)cc1)Nc1ccccc1N1CCNCC1. The van der Waals surface area contributed by atoms with Crippen LogP contribution in [0.4, 0.5) is 35.0 Å². The van der Waals surface area contributed by atoms with E-state index in [4.69, 9.17) is 0 Å². The average molecular weight is 364 g/mol. The molecule has 0 aliphatic carbocycles. The number of hydrogen-bond donors (Lipinski definition) is 3. The molecule has 0 saturated carbocycles. The van der Waals surface area contributed by atoms with Crippen LogP contribution in [-0.4, -0.2) is 32.2 Å². The van der Waals surface area contributed by atoms with Crippen molar-refractivity contribution >= 4 is 23.1 Å². The minimum Gasteiger partial charge on any atom is -0.367 e. The fourth-order valence-corrected chi connectivity index (χ4v) is 2.79. The molecule has 26 heavy (non-hydrogen) atoms. The molecule has 0 atom stereocenters. The number of urea groups is 1. The van der Waals surface area contributed by atoms with E-state index >= 15 is 0 Å². The lowest BCUT2D eigenvalue weighted by molar-refractivity contribution is -0.137.